The van der Waals surface area contributed by atoms with Crippen molar-refractivity contribution in [3.63, 3.8) is 0 Å². The van der Waals surface area contributed by atoms with Crippen LogP contribution >= 0.6 is 0 Å². The molecule has 0 aliphatic rings. The van der Waals surface area contributed by atoms with Gasteiger partial charge in [-0.15, -0.1) is 0 Å². The summed E-state index contributed by atoms with van der Waals surface area (Å²) in [6.07, 6.45) is 0.0621. The van der Waals surface area contributed by atoms with E-state index < -0.39 is 35.0 Å². The molecule has 0 bridgehead atoms. The Morgan fingerprint density at radius 2 is 1.94 bits per heavy atom. The van der Waals surface area contributed by atoms with Gasteiger partial charge in [0.2, 0.25) is 5.82 Å². The van der Waals surface area contributed by atoms with Gasteiger partial charge in [-0.05, 0) is 12.5 Å². The van der Waals surface area contributed by atoms with E-state index in [4.69, 9.17) is 10.2 Å². The molecule has 0 radical (unpaired) electrons. The van der Waals surface area contributed by atoms with E-state index in [-0.39, 0.29) is 12.0 Å². The molecule has 0 heterocycles. The van der Waals surface area contributed by atoms with E-state index in [2.05, 4.69) is 0 Å². The molecule has 0 aliphatic heterocycles. The number of carboxylic acids is 1. The summed E-state index contributed by atoms with van der Waals surface area (Å²) < 4.78 is 26.1. The summed E-state index contributed by atoms with van der Waals surface area (Å²) in [7, 11) is 0. The Morgan fingerprint density at radius 3 is 2.38 bits per heavy atom. The fourth-order valence-corrected chi connectivity index (χ4v) is 1.41. The van der Waals surface area contributed by atoms with E-state index in [1.165, 1.54) is 6.92 Å². The zero-order valence-electron chi connectivity index (χ0n) is 8.37. The van der Waals surface area contributed by atoms with E-state index >= 15 is 0 Å². The molecule has 1 aromatic rings. The van der Waals surface area contributed by atoms with Gasteiger partial charge in [-0.2, -0.15) is 4.39 Å². The molecule has 0 aromatic heterocycles. The third-order valence-electron chi connectivity index (χ3n) is 2.28. The first-order valence-electron chi connectivity index (χ1n) is 4.52. The van der Waals surface area contributed by atoms with Gasteiger partial charge < -0.3 is 15.3 Å². The molecule has 0 saturated heterocycles. The monoisotopic (exact) mass is 232 g/mol. The van der Waals surface area contributed by atoms with E-state index in [1.807, 2.05) is 0 Å². The summed E-state index contributed by atoms with van der Waals surface area (Å²) in [5, 5.41) is 26.9. The maximum absolute atomic E-state index is 13.1. The number of carbonyl (C=O) groups is 1. The van der Waals surface area contributed by atoms with Crippen molar-refractivity contribution >= 4 is 5.97 Å². The normalized spacial score (nSPS) is 12.4. The number of phenols is 2. The fraction of sp³-hybridized carbons (Fsp3) is 0.300. The summed E-state index contributed by atoms with van der Waals surface area (Å²) in [6.45, 7) is 1.50. The maximum Gasteiger partial charge on any atom is 0.311 e. The largest absolute Gasteiger partial charge is 0.505 e. The van der Waals surface area contributed by atoms with Crippen molar-refractivity contribution in [1.29, 1.82) is 0 Å². The molecule has 1 aromatic carbocycles. The third kappa shape index (κ3) is 1.91. The van der Waals surface area contributed by atoms with Crippen LogP contribution < -0.4 is 0 Å². The Labute approximate surface area is 89.8 Å². The van der Waals surface area contributed by atoms with Crippen molar-refractivity contribution in [3.8, 4) is 11.5 Å². The topological polar surface area (TPSA) is 77.8 Å². The summed E-state index contributed by atoms with van der Waals surface area (Å²) in [5.74, 6) is -7.72. The number of halogens is 2. The van der Waals surface area contributed by atoms with Crippen LogP contribution in [0.3, 0.4) is 0 Å². The highest BCUT2D eigenvalue weighted by Gasteiger charge is 2.26. The minimum absolute atomic E-state index is 0.0621. The van der Waals surface area contributed by atoms with E-state index in [1.54, 1.807) is 0 Å². The maximum atomic E-state index is 13.1. The quantitative estimate of drug-likeness (QED) is 0.744. The minimum Gasteiger partial charge on any atom is -0.505 e. The average Bonchev–Trinajstić information content (AvgIpc) is 2.23. The van der Waals surface area contributed by atoms with Crippen LogP contribution in [0.4, 0.5) is 8.78 Å². The second-order valence-electron chi connectivity index (χ2n) is 3.26. The van der Waals surface area contributed by atoms with Crippen LogP contribution in [-0.2, 0) is 4.79 Å². The van der Waals surface area contributed by atoms with Crippen LogP contribution in [0.25, 0.3) is 0 Å². The molecule has 0 amide bonds. The van der Waals surface area contributed by atoms with Crippen molar-refractivity contribution in [1.82, 2.24) is 0 Å². The lowest BCUT2D eigenvalue weighted by atomic mass is 9.95. The smallest absolute Gasteiger partial charge is 0.311 e. The number of aliphatic carboxylic acids is 1. The lowest BCUT2D eigenvalue weighted by Crippen LogP contribution is -2.11. The third-order valence-corrected chi connectivity index (χ3v) is 2.28. The summed E-state index contributed by atoms with van der Waals surface area (Å²) in [4.78, 5) is 10.8. The van der Waals surface area contributed by atoms with Crippen LogP contribution in [-0.4, -0.2) is 21.3 Å². The first kappa shape index (κ1) is 12.2. The SMILES string of the molecule is CCC(C(=O)O)c1cc(F)c(O)c(F)c1O. The number of hydrogen-bond donors (Lipinski definition) is 3. The van der Waals surface area contributed by atoms with Gasteiger partial charge in [-0.25, -0.2) is 4.39 Å². The van der Waals surface area contributed by atoms with E-state index in [0.29, 0.717) is 6.07 Å². The molecule has 0 fully saturated rings. The summed E-state index contributed by atoms with van der Waals surface area (Å²) in [5.41, 5.74) is -0.386. The Morgan fingerprint density at radius 1 is 1.38 bits per heavy atom. The molecule has 4 nitrogen and oxygen atoms in total. The van der Waals surface area contributed by atoms with Crippen molar-refractivity contribution in [2.75, 3.05) is 0 Å². The number of carboxylic acid groups (broad SMARTS) is 1. The number of aromatic hydroxyl groups is 2. The van der Waals surface area contributed by atoms with Gasteiger partial charge in [0.15, 0.2) is 17.3 Å². The van der Waals surface area contributed by atoms with Gasteiger partial charge in [-0.3, -0.25) is 4.79 Å². The Bertz CT molecular complexity index is 431. The van der Waals surface area contributed by atoms with E-state index in [9.17, 15) is 18.7 Å². The molecule has 16 heavy (non-hydrogen) atoms. The van der Waals surface area contributed by atoms with Crippen molar-refractivity contribution < 1.29 is 28.9 Å². The number of hydrogen-bond acceptors (Lipinski definition) is 3. The molecule has 1 atom stereocenters. The van der Waals surface area contributed by atoms with Crippen LogP contribution in [0.15, 0.2) is 6.07 Å². The lowest BCUT2D eigenvalue weighted by molar-refractivity contribution is -0.138. The number of benzene rings is 1. The average molecular weight is 232 g/mol. The van der Waals surface area contributed by atoms with Gasteiger partial charge in [-0.1, -0.05) is 6.92 Å². The van der Waals surface area contributed by atoms with Gasteiger partial charge in [0.1, 0.15) is 0 Å². The highest BCUT2D eigenvalue weighted by atomic mass is 19.1. The number of rotatable bonds is 3. The zero-order valence-corrected chi connectivity index (χ0v) is 8.37. The molecule has 88 valence electrons. The molecule has 6 heteroatoms. The van der Waals surface area contributed by atoms with Gasteiger partial charge in [0, 0.05) is 5.56 Å². The van der Waals surface area contributed by atoms with Crippen molar-refractivity contribution in [3.05, 3.63) is 23.3 Å². The highest BCUT2D eigenvalue weighted by molar-refractivity contribution is 5.77. The summed E-state index contributed by atoms with van der Waals surface area (Å²) in [6, 6.07) is 0.621. The van der Waals surface area contributed by atoms with Crippen molar-refractivity contribution in [2.45, 2.75) is 19.3 Å². The molecule has 1 rings (SSSR count). The Balaban J connectivity index is 3.39. The minimum atomic E-state index is -1.55. The summed E-state index contributed by atoms with van der Waals surface area (Å²) >= 11 is 0. The predicted octanol–water partition coefficient (Wildman–Crippen LogP) is 1.95. The molecule has 1 unspecified atom stereocenters. The fourth-order valence-electron chi connectivity index (χ4n) is 1.41. The van der Waals surface area contributed by atoms with Crippen molar-refractivity contribution in [2.24, 2.45) is 0 Å². The van der Waals surface area contributed by atoms with Gasteiger partial charge in [0.25, 0.3) is 0 Å². The Hall–Kier alpha value is -1.85. The van der Waals surface area contributed by atoms with Gasteiger partial charge >= 0.3 is 5.97 Å². The first-order chi connectivity index (χ1) is 7.40. The molecule has 0 aliphatic carbocycles. The molecule has 3 N–H and O–H groups in total. The van der Waals surface area contributed by atoms with Crippen LogP contribution in [0.2, 0.25) is 0 Å². The molecular formula is C10H10F2O4. The molecule has 0 saturated carbocycles. The predicted molar refractivity (Wildman–Crippen MR) is 50.4 cm³/mol. The second kappa shape index (κ2) is 4.34. The first-order valence-corrected chi connectivity index (χ1v) is 4.52. The van der Waals surface area contributed by atoms with E-state index in [0.717, 1.165) is 0 Å². The molecule has 0 spiro atoms. The second-order valence-corrected chi connectivity index (χ2v) is 3.26. The van der Waals surface area contributed by atoms with Crippen LogP contribution in [0.1, 0.15) is 24.8 Å². The highest BCUT2D eigenvalue weighted by Crippen LogP contribution is 2.36. The van der Waals surface area contributed by atoms with Crippen LogP contribution in [0.5, 0.6) is 11.5 Å². The van der Waals surface area contributed by atoms with Crippen LogP contribution in [0, 0.1) is 11.6 Å². The molecular weight excluding hydrogens is 222 g/mol. The zero-order chi connectivity index (χ0) is 12.5. The number of phenolic OH excluding ortho intramolecular Hbond substituents is 2. The Kier molecular flexibility index (Phi) is 3.31. The lowest BCUT2D eigenvalue weighted by Gasteiger charge is -2.13. The standard InChI is InChI=1S/C10H10F2O4/c1-2-4(10(15)16)5-3-6(11)9(14)7(12)8(5)13/h3-4,13-14H,2H2,1H3,(H,15,16). The van der Waals surface area contributed by atoms with Gasteiger partial charge in [0.05, 0.1) is 5.92 Å².